The molecule has 1 fully saturated rings. The van der Waals surface area contributed by atoms with Crippen molar-refractivity contribution in [3.63, 3.8) is 0 Å². The van der Waals surface area contributed by atoms with Gasteiger partial charge in [-0.15, -0.1) is 0 Å². The maximum atomic E-state index is 5.59. The predicted octanol–water partition coefficient (Wildman–Crippen LogP) is 2.66. The van der Waals surface area contributed by atoms with Crippen LogP contribution in [0.4, 0.5) is 5.69 Å². The van der Waals surface area contributed by atoms with Crippen LogP contribution in [0.15, 0.2) is 41.4 Å². The highest BCUT2D eigenvalue weighted by atomic mass is 16.5. The zero-order valence-electron chi connectivity index (χ0n) is 19.7. The minimum Gasteiger partial charge on any atom is -0.497 e. The van der Waals surface area contributed by atoms with Gasteiger partial charge in [-0.25, -0.2) is 0 Å². The van der Waals surface area contributed by atoms with Crippen molar-refractivity contribution in [2.45, 2.75) is 6.42 Å². The third-order valence-corrected chi connectivity index (χ3v) is 5.67. The van der Waals surface area contributed by atoms with Gasteiger partial charge in [0.15, 0.2) is 17.5 Å². The highest BCUT2D eigenvalue weighted by molar-refractivity contribution is 5.80. The molecule has 0 atom stereocenters. The Bertz CT molecular complexity index is 911. The average Bonchev–Trinajstić information content (AvgIpc) is 2.86. The molecular formula is C24H34N4O4. The number of ether oxygens (including phenoxy) is 4. The second-order valence-corrected chi connectivity index (χ2v) is 7.39. The molecule has 0 bridgehead atoms. The van der Waals surface area contributed by atoms with Crippen molar-refractivity contribution in [2.24, 2.45) is 4.99 Å². The molecule has 0 aliphatic carbocycles. The van der Waals surface area contributed by atoms with Crippen LogP contribution in [-0.4, -0.2) is 79.1 Å². The monoisotopic (exact) mass is 442 g/mol. The summed E-state index contributed by atoms with van der Waals surface area (Å²) in [5, 5.41) is 3.49. The summed E-state index contributed by atoms with van der Waals surface area (Å²) in [6, 6.07) is 12.1. The molecule has 1 heterocycles. The number of methoxy groups -OCH3 is 4. The molecule has 0 unspecified atom stereocenters. The Balaban J connectivity index is 1.56. The minimum absolute atomic E-state index is 0.616. The number of guanidine groups is 1. The smallest absolute Gasteiger partial charge is 0.203 e. The van der Waals surface area contributed by atoms with Crippen LogP contribution in [0.25, 0.3) is 0 Å². The second kappa shape index (κ2) is 11.4. The molecule has 8 nitrogen and oxygen atoms in total. The van der Waals surface area contributed by atoms with Crippen LogP contribution in [0.2, 0.25) is 0 Å². The molecule has 3 rings (SSSR count). The van der Waals surface area contributed by atoms with E-state index in [9.17, 15) is 0 Å². The van der Waals surface area contributed by atoms with E-state index in [1.807, 2.05) is 31.3 Å². The summed E-state index contributed by atoms with van der Waals surface area (Å²) >= 11 is 0. The minimum atomic E-state index is 0.616. The molecule has 0 saturated carbocycles. The van der Waals surface area contributed by atoms with Gasteiger partial charge in [-0.2, -0.15) is 0 Å². The number of hydrogen-bond acceptors (Lipinski definition) is 6. The lowest BCUT2D eigenvalue weighted by molar-refractivity contribution is 0.322. The first-order valence-corrected chi connectivity index (χ1v) is 10.8. The van der Waals surface area contributed by atoms with E-state index in [4.69, 9.17) is 18.9 Å². The Kier molecular flexibility index (Phi) is 8.30. The topological polar surface area (TPSA) is 67.8 Å². The Morgan fingerprint density at radius 1 is 0.906 bits per heavy atom. The van der Waals surface area contributed by atoms with Crippen molar-refractivity contribution in [2.75, 3.05) is 73.1 Å². The van der Waals surface area contributed by atoms with E-state index in [-0.39, 0.29) is 0 Å². The lowest BCUT2D eigenvalue weighted by atomic mass is 10.1. The van der Waals surface area contributed by atoms with Crippen LogP contribution in [0.5, 0.6) is 23.0 Å². The SMILES string of the molecule is CN=C(NCCc1ccc(OC)c(OC)c1OC)N1CCN(c2cccc(OC)c2)CC1. The van der Waals surface area contributed by atoms with Crippen LogP contribution in [-0.2, 0) is 6.42 Å². The molecule has 1 aliphatic heterocycles. The van der Waals surface area contributed by atoms with Crippen molar-refractivity contribution < 1.29 is 18.9 Å². The highest BCUT2D eigenvalue weighted by Crippen LogP contribution is 2.39. The largest absolute Gasteiger partial charge is 0.497 e. The predicted molar refractivity (Wildman–Crippen MR) is 128 cm³/mol. The van der Waals surface area contributed by atoms with Crippen molar-refractivity contribution in [1.82, 2.24) is 10.2 Å². The Morgan fingerprint density at radius 2 is 1.66 bits per heavy atom. The van der Waals surface area contributed by atoms with Crippen molar-refractivity contribution in [3.05, 3.63) is 42.0 Å². The van der Waals surface area contributed by atoms with Gasteiger partial charge in [-0.05, 0) is 24.6 Å². The summed E-state index contributed by atoms with van der Waals surface area (Å²) < 4.78 is 21.8. The summed E-state index contributed by atoms with van der Waals surface area (Å²) in [6.07, 6.45) is 0.770. The van der Waals surface area contributed by atoms with Gasteiger partial charge in [0.05, 0.1) is 28.4 Å². The summed E-state index contributed by atoms with van der Waals surface area (Å²) in [5.41, 5.74) is 2.24. The van der Waals surface area contributed by atoms with Crippen LogP contribution in [0.3, 0.4) is 0 Å². The fraction of sp³-hybridized carbons (Fsp3) is 0.458. The highest BCUT2D eigenvalue weighted by Gasteiger charge is 2.21. The molecule has 1 saturated heterocycles. The molecule has 0 spiro atoms. The van der Waals surface area contributed by atoms with E-state index in [1.54, 1.807) is 28.4 Å². The molecule has 8 heteroatoms. The third kappa shape index (κ3) is 5.30. The van der Waals surface area contributed by atoms with E-state index in [0.29, 0.717) is 17.2 Å². The fourth-order valence-electron chi connectivity index (χ4n) is 3.98. The van der Waals surface area contributed by atoms with E-state index >= 15 is 0 Å². The van der Waals surface area contributed by atoms with Gasteiger partial charge >= 0.3 is 0 Å². The van der Waals surface area contributed by atoms with Gasteiger partial charge in [-0.1, -0.05) is 12.1 Å². The Morgan fingerprint density at radius 3 is 2.28 bits per heavy atom. The van der Waals surface area contributed by atoms with Crippen molar-refractivity contribution >= 4 is 11.6 Å². The quantitative estimate of drug-likeness (QED) is 0.498. The standard InChI is InChI=1S/C24H34N4O4/c1-25-24(26-12-11-18-9-10-21(30-3)23(32-5)22(18)31-4)28-15-13-27(14-16-28)19-7-6-8-20(17-19)29-2/h6-10,17H,11-16H2,1-5H3,(H,25,26). The first kappa shape index (κ1) is 23.4. The lowest BCUT2D eigenvalue weighted by Crippen LogP contribution is -2.52. The van der Waals surface area contributed by atoms with Crippen LogP contribution < -0.4 is 29.2 Å². The zero-order chi connectivity index (χ0) is 22.9. The fourth-order valence-corrected chi connectivity index (χ4v) is 3.98. The number of nitrogens with one attached hydrogen (secondary N) is 1. The van der Waals surface area contributed by atoms with Gasteiger partial charge in [0.2, 0.25) is 5.75 Å². The molecule has 1 aliphatic rings. The van der Waals surface area contributed by atoms with Gasteiger partial charge in [0.1, 0.15) is 5.75 Å². The Hall–Kier alpha value is -3.29. The van der Waals surface area contributed by atoms with Crippen LogP contribution in [0, 0.1) is 0 Å². The van der Waals surface area contributed by atoms with E-state index in [0.717, 1.165) is 56.4 Å². The lowest BCUT2D eigenvalue weighted by Gasteiger charge is -2.37. The van der Waals surface area contributed by atoms with E-state index in [2.05, 4.69) is 32.2 Å². The summed E-state index contributed by atoms with van der Waals surface area (Å²) in [4.78, 5) is 9.16. The number of aliphatic imine (C=N–C) groups is 1. The number of hydrogen-bond donors (Lipinski definition) is 1. The van der Waals surface area contributed by atoms with Crippen LogP contribution >= 0.6 is 0 Å². The summed E-state index contributed by atoms with van der Waals surface area (Å²) in [5.74, 6) is 3.77. The number of anilines is 1. The molecule has 0 aromatic heterocycles. The maximum Gasteiger partial charge on any atom is 0.203 e. The van der Waals surface area contributed by atoms with Gasteiger partial charge in [0.25, 0.3) is 0 Å². The number of rotatable bonds is 8. The van der Waals surface area contributed by atoms with E-state index < -0.39 is 0 Å². The maximum absolute atomic E-state index is 5.59. The molecule has 0 radical (unpaired) electrons. The second-order valence-electron chi connectivity index (χ2n) is 7.39. The summed E-state index contributed by atoms with van der Waals surface area (Å²) in [6.45, 7) is 4.39. The van der Waals surface area contributed by atoms with Crippen LogP contribution in [0.1, 0.15) is 5.56 Å². The molecule has 1 N–H and O–H groups in total. The van der Waals surface area contributed by atoms with Crippen molar-refractivity contribution in [3.8, 4) is 23.0 Å². The van der Waals surface area contributed by atoms with E-state index in [1.165, 1.54) is 5.69 Å². The number of benzene rings is 2. The molecule has 2 aromatic rings. The van der Waals surface area contributed by atoms with Crippen molar-refractivity contribution in [1.29, 1.82) is 0 Å². The first-order chi connectivity index (χ1) is 15.6. The van der Waals surface area contributed by atoms with Gasteiger partial charge < -0.3 is 34.1 Å². The molecule has 32 heavy (non-hydrogen) atoms. The molecule has 2 aromatic carbocycles. The normalized spacial score (nSPS) is 14.2. The average molecular weight is 443 g/mol. The molecular weight excluding hydrogens is 408 g/mol. The zero-order valence-corrected chi connectivity index (χ0v) is 19.7. The number of nitrogens with zero attached hydrogens (tertiary/aromatic N) is 3. The van der Waals surface area contributed by atoms with Gasteiger partial charge in [0, 0.05) is 57.1 Å². The number of piperazine rings is 1. The molecule has 174 valence electrons. The first-order valence-electron chi connectivity index (χ1n) is 10.8. The van der Waals surface area contributed by atoms with Gasteiger partial charge in [-0.3, -0.25) is 4.99 Å². The Labute approximate surface area is 190 Å². The molecule has 0 amide bonds. The third-order valence-electron chi connectivity index (χ3n) is 5.67. The summed E-state index contributed by atoms with van der Waals surface area (Å²) in [7, 11) is 8.42.